The Morgan fingerprint density at radius 3 is 2.47 bits per heavy atom. The van der Waals surface area contributed by atoms with E-state index in [-0.39, 0.29) is 23.3 Å². The Labute approximate surface area is 223 Å². The van der Waals surface area contributed by atoms with Crippen LogP contribution in [0.4, 0.5) is 27.7 Å². The number of aliphatic imine (C=N–C) groups is 1. The SMILES string of the molecule is CCc1ccccc1Nc1nc(N)nc(CSC2=NC(=Cc3ccccc3)C(=O)N2c2ccc(F)cc2)n1. The Morgan fingerprint density at radius 2 is 1.71 bits per heavy atom. The molecule has 0 saturated heterocycles. The molecule has 1 aliphatic rings. The van der Waals surface area contributed by atoms with Crippen LogP contribution in [0.3, 0.4) is 0 Å². The predicted molar refractivity (Wildman–Crippen MR) is 150 cm³/mol. The second-order valence-corrected chi connectivity index (χ2v) is 9.25. The number of rotatable bonds is 7. The lowest BCUT2D eigenvalue weighted by molar-refractivity contribution is -0.113. The number of hydrogen-bond donors (Lipinski definition) is 2. The van der Waals surface area contributed by atoms with Gasteiger partial charge in [-0.3, -0.25) is 9.69 Å². The fourth-order valence-electron chi connectivity index (χ4n) is 3.88. The van der Waals surface area contributed by atoms with Crippen molar-refractivity contribution in [1.82, 2.24) is 15.0 Å². The molecule has 1 aliphatic heterocycles. The summed E-state index contributed by atoms with van der Waals surface area (Å²) in [6, 6.07) is 23.1. The Bertz CT molecular complexity index is 1520. The van der Waals surface area contributed by atoms with E-state index in [9.17, 15) is 9.18 Å². The molecule has 190 valence electrons. The van der Waals surface area contributed by atoms with Crippen molar-refractivity contribution in [2.24, 2.45) is 4.99 Å². The van der Waals surface area contributed by atoms with Crippen LogP contribution in [-0.4, -0.2) is 26.0 Å². The van der Waals surface area contributed by atoms with Gasteiger partial charge in [-0.05, 0) is 54.0 Å². The summed E-state index contributed by atoms with van der Waals surface area (Å²) in [5.74, 6) is 0.413. The van der Waals surface area contributed by atoms with Crippen LogP contribution in [-0.2, 0) is 17.0 Å². The Hall–Kier alpha value is -4.57. The highest BCUT2D eigenvalue weighted by Gasteiger charge is 2.32. The third-order valence-electron chi connectivity index (χ3n) is 5.69. The standard InChI is InChI=1S/C28H24FN7OS/c1-2-19-10-6-7-11-22(19)31-27-34-24(33-26(30)35-27)17-38-28-32-23(16-18-8-4-3-5-9-18)25(37)36(28)21-14-12-20(29)13-15-21/h3-16H,2,17H2,1H3,(H3,30,31,33,34,35). The number of amides is 1. The van der Waals surface area contributed by atoms with Gasteiger partial charge in [-0.25, -0.2) is 9.38 Å². The van der Waals surface area contributed by atoms with E-state index >= 15 is 0 Å². The van der Waals surface area contributed by atoms with E-state index in [0.717, 1.165) is 23.2 Å². The largest absolute Gasteiger partial charge is 0.368 e. The molecule has 0 bridgehead atoms. The van der Waals surface area contributed by atoms with Crippen LogP contribution in [0.25, 0.3) is 6.08 Å². The number of amidine groups is 1. The second-order valence-electron chi connectivity index (χ2n) is 8.31. The summed E-state index contributed by atoms with van der Waals surface area (Å²) < 4.78 is 13.6. The lowest BCUT2D eigenvalue weighted by atomic mass is 10.1. The molecular formula is C28H24FN7OS. The van der Waals surface area contributed by atoms with Crippen molar-refractivity contribution in [2.75, 3.05) is 16.0 Å². The van der Waals surface area contributed by atoms with Crippen molar-refractivity contribution in [1.29, 1.82) is 0 Å². The van der Waals surface area contributed by atoms with Crippen molar-refractivity contribution in [3.8, 4) is 0 Å². The van der Waals surface area contributed by atoms with Crippen LogP contribution in [0.5, 0.6) is 0 Å². The minimum atomic E-state index is -0.392. The maximum absolute atomic E-state index is 13.6. The predicted octanol–water partition coefficient (Wildman–Crippen LogP) is 5.58. The minimum absolute atomic E-state index is 0.0802. The van der Waals surface area contributed by atoms with Gasteiger partial charge in [-0.2, -0.15) is 15.0 Å². The fourth-order valence-corrected chi connectivity index (χ4v) is 4.74. The fraction of sp³-hybridized carbons (Fsp3) is 0.107. The minimum Gasteiger partial charge on any atom is -0.368 e. The van der Waals surface area contributed by atoms with Crippen molar-refractivity contribution in [3.05, 3.63) is 107 Å². The Morgan fingerprint density at radius 1 is 0.974 bits per heavy atom. The highest BCUT2D eigenvalue weighted by atomic mass is 32.2. The summed E-state index contributed by atoms with van der Waals surface area (Å²) in [6.07, 6.45) is 2.57. The molecule has 5 rings (SSSR count). The highest BCUT2D eigenvalue weighted by Crippen LogP contribution is 2.31. The number of nitrogens with two attached hydrogens (primary N) is 1. The van der Waals surface area contributed by atoms with Gasteiger partial charge in [0.05, 0.1) is 11.4 Å². The zero-order chi connectivity index (χ0) is 26.5. The summed E-state index contributed by atoms with van der Waals surface area (Å²) in [7, 11) is 0. The lowest BCUT2D eigenvalue weighted by Crippen LogP contribution is -2.30. The molecule has 3 aromatic carbocycles. The number of aromatic nitrogens is 3. The van der Waals surface area contributed by atoms with Gasteiger partial charge in [0.15, 0.2) is 5.17 Å². The van der Waals surface area contributed by atoms with Crippen LogP contribution in [0.1, 0.15) is 23.9 Å². The summed E-state index contributed by atoms with van der Waals surface area (Å²) in [6.45, 7) is 2.07. The molecule has 0 radical (unpaired) electrons. The average Bonchev–Trinajstić information content (AvgIpc) is 3.23. The second kappa shape index (κ2) is 11.2. The first-order valence-corrected chi connectivity index (χ1v) is 12.9. The number of benzene rings is 3. The Balaban J connectivity index is 1.41. The van der Waals surface area contributed by atoms with Crippen LogP contribution in [0.2, 0.25) is 0 Å². The number of aryl methyl sites for hydroxylation is 1. The molecule has 10 heteroatoms. The zero-order valence-corrected chi connectivity index (χ0v) is 21.3. The molecule has 2 heterocycles. The maximum atomic E-state index is 13.6. The van der Waals surface area contributed by atoms with Gasteiger partial charge in [0.2, 0.25) is 11.9 Å². The van der Waals surface area contributed by atoms with Gasteiger partial charge in [0.25, 0.3) is 5.91 Å². The molecule has 0 aliphatic carbocycles. The Kier molecular flexibility index (Phi) is 7.41. The summed E-state index contributed by atoms with van der Waals surface area (Å²) in [4.78, 5) is 32.4. The van der Waals surface area contributed by atoms with E-state index in [1.807, 2.05) is 54.6 Å². The molecule has 1 aromatic heterocycles. The molecule has 0 spiro atoms. The third kappa shape index (κ3) is 5.70. The van der Waals surface area contributed by atoms with Crippen molar-refractivity contribution in [2.45, 2.75) is 19.1 Å². The zero-order valence-electron chi connectivity index (χ0n) is 20.5. The van der Waals surface area contributed by atoms with Gasteiger partial charge in [-0.1, -0.05) is 67.2 Å². The van der Waals surface area contributed by atoms with Crippen LogP contribution in [0.15, 0.2) is 89.6 Å². The number of nitrogens with one attached hydrogen (secondary N) is 1. The van der Waals surface area contributed by atoms with Crippen LogP contribution in [0, 0.1) is 5.82 Å². The maximum Gasteiger partial charge on any atom is 0.283 e. The van der Waals surface area contributed by atoms with E-state index in [2.05, 4.69) is 32.2 Å². The van der Waals surface area contributed by atoms with E-state index in [4.69, 9.17) is 5.73 Å². The number of anilines is 4. The van der Waals surface area contributed by atoms with E-state index < -0.39 is 5.82 Å². The van der Waals surface area contributed by atoms with Crippen LogP contribution >= 0.6 is 11.8 Å². The quantitative estimate of drug-likeness (QED) is 0.303. The molecule has 0 fully saturated rings. The number of nitrogen functional groups attached to an aromatic ring is 1. The number of carbonyl (C=O) groups is 1. The number of nitrogens with zero attached hydrogens (tertiary/aromatic N) is 5. The van der Waals surface area contributed by atoms with Gasteiger partial charge in [0, 0.05) is 5.69 Å². The first kappa shape index (κ1) is 25.1. The molecule has 38 heavy (non-hydrogen) atoms. The van der Waals surface area contributed by atoms with Crippen molar-refractivity contribution < 1.29 is 9.18 Å². The summed E-state index contributed by atoms with van der Waals surface area (Å²) in [5, 5.41) is 3.65. The number of halogens is 1. The molecule has 0 atom stereocenters. The van der Waals surface area contributed by atoms with Crippen LogP contribution < -0.4 is 16.0 Å². The average molecular weight is 526 g/mol. The monoisotopic (exact) mass is 525 g/mol. The van der Waals surface area contributed by atoms with Gasteiger partial charge < -0.3 is 11.1 Å². The molecular weight excluding hydrogens is 501 g/mol. The van der Waals surface area contributed by atoms with Crippen molar-refractivity contribution >= 4 is 52.2 Å². The highest BCUT2D eigenvalue weighted by molar-refractivity contribution is 8.13. The topological polar surface area (TPSA) is 109 Å². The lowest BCUT2D eigenvalue weighted by Gasteiger charge is -2.17. The molecule has 3 N–H and O–H groups in total. The summed E-state index contributed by atoms with van der Waals surface area (Å²) >= 11 is 1.28. The normalized spacial score (nSPS) is 14.2. The first-order chi connectivity index (χ1) is 18.5. The van der Waals surface area contributed by atoms with Gasteiger partial charge in [-0.15, -0.1) is 0 Å². The number of thioether (sulfide) groups is 1. The molecule has 1 amide bonds. The molecule has 0 saturated carbocycles. The van der Waals surface area contributed by atoms with Gasteiger partial charge >= 0.3 is 0 Å². The smallest absolute Gasteiger partial charge is 0.283 e. The van der Waals surface area contributed by atoms with E-state index in [1.165, 1.54) is 28.8 Å². The van der Waals surface area contributed by atoms with Crippen molar-refractivity contribution in [3.63, 3.8) is 0 Å². The van der Waals surface area contributed by atoms with E-state index in [0.29, 0.717) is 22.6 Å². The molecule has 4 aromatic rings. The number of hydrogen-bond acceptors (Lipinski definition) is 8. The third-order valence-corrected chi connectivity index (χ3v) is 6.63. The van der Waals surface area contributed by atoms with Gasteiger partial charge in [0.1, 0.15) is 17.3 Å². The first-order valence-electron chi connectivity index (χ1n) is 11.9. The number of carbonyl (C=O) groups excluding carboxylic acids is 1. The van der Waals surface area contributed by atoms with E-state index in [1.54, 1.807) is 18.2 Å². The molecule has 0 unspecified atom stereocenters. The number of para-hydroxylation sites is 1. The summed E-state index contributed by atoms with van der Waals surface area (Å²) in [5.41, 5.74) is 9.62. The molecule has 8 nitrogen and oxygen atoms in total.